The number of aromatic amines is 1. The summed E-state index contributed by atoms with van der Waals surface area (Å²) in [5.74, 6) is 0.954. The quantitative estimate of drug-likeness (QED) is 0.668. The van der Waals surface area contributed by atoms with E-state index in [1.807, 2.05) is 30.3 Å². The van der Waals surface area contributed by atoms with Crippen LogP contribution in [0.4, 0.5) is 0 Å². The van der Waals surface area contributed by atoms with Gasteiger partial charge >= 0.3 is 0 Å². The molecule has 0 fully saturated rings. The Morgan fingerprint density at radius 2 is 1.86 bits per heavy atom. The maximum Gasteiger partial charge on any atom is 0.129 e. The zero-order valence-electron chi connectivity index (χ0n) is 12.4. The van der Waals surface area contributed by atoms with E-state index in [2.05, 4.69) is 36.2 Å². The van der Waals surface area contributed by atoms with Crippen molar-refractivity contribution in [2.24, 2.45) is 0 Å². The lowest BCUT2D eigenvalue weighted by Crippen LogP contribution is -1.94. The topological polar surface area (TPSA) is 25.0 Å². The van der Waals surface area contributed by atoms with E-state index < -0.39 is 0 Å². The molecule has 0 bridgehead atoms. The summed E-state index contributed by atoms with van der Waals surface area (Å²) in [4.78, 5) is 3.49. The molecule has 0 aliphatic carbocycles. The number of fused-ring (bicyclic) bond motifs is 1. The summed E-state index contributed by atoms with van der Waals surface area (Å²) in [6.07, 6.45) is 3.53. The second-order valence-electron chi connectivity index (χ2n) is 5.39. The Hall–Kier alpha value is -2.22. The Kier molecular flexibility index (Phi) is 4.25. The number of nitrogens with one attached hydrogen (secondary N) is 1. The maximum atomic E-state index is 6.00. The molecule has 108 valence electrons. The van der Waals surface area contributed by atoms with Crippen LogP contribution in [-0.2, 0) is 13.0 Å². The third-order valence-corrected chi connectivity index (χ3v) is 3.72. The number of benzene rings is 2. The van der Waals surface area contributed by atoms with Gasteiger partial charge in [-0.2, -0.15) is 0 Å². The lowest BCUT2D eigenvalue weighted by Gasteiger charge is -2.07. The molecule has 3 aromatic rings. The molecule has 0 saturated carbocycles. The van der Waals surface area contributed by atoms with E-state index in [1.165, 1.54) is 29.5 Å². The number of aromatic nitrogens is 1. The highest BCUT2D eigenvalue weighted by atomic mass is 16.5. The molecule has 1 heterocycles. The summed E-state index contributed by atoms with van der Waals surface area (Å²) in [7, 11) is 0. The van der Waals surface area contributed by atoms with Gasteiger partial charge < -0.3 is 9.72 Å². The van der Waals surface area contributed by atoms with Crippen molar-refractivity contribution in [1.82, 2.24) is 4.98 Å². The van der Waals surface area contributed by atoms with Gasteiger partial charge in [0.1, 0.15) is 12.4 Å². The fourth-order valence-corrected chi connectivity index (χ4v) is 2.55. The molecule has 1 N–H and O–H groups in total. The standard InChI is InChI=1S/C19H21NO/c1-2-3-10-16-13-17-18(20-16)11-7-12-19(17)21-14-15-8-5-4-6-9-15/h4-9,11-13,20H,2-3,10,14H2,1H3. The number of rotatable bonds is 6. The highest BCUT2D eigenvalue weighted by Gasteiger charge is 2.06. The Morgan fingerprint density at radius 3 is 2.67 bits per heavy atom. The van der Waals surface area contributed by atoms with Crippen molar-refractivity contribution in [3.63, 3.8) is 0 Å². The summed E-state index contributed by atoms with van der Waals surface area (Å²) in [6, 6.07) is 18.7. The summed E-state index contributed by atoms with van der Waals surface area (Å²) in [6.45, 7) is 2.83. The monoisotopic (exact) mass is 279 g/mol. The molecular weight excluding hydrogens is 258 g/mol. The molecule has 21 heavy (non-hydrogen) atoms. The van der Waals surface area contributed by atoms with Crippen molar-refractivity contribution in [2.45, 2.75) is 32.8 Å². The third-order valence-electron chi connectivity index (χ3n) is 3.72. The number of hydrogen-bond acceptors (Lipinski definition) is 1. The highest BCUT2D eigenvalue weighted by molar-refractivity contribution is 5.86. The average molecular weight is 279 g/mol. The Balaban J connectivity index is 1.79. The van der Waals surface area contributed by atoms with E-state index in [4.69, 9.17) is 4.74 Å². The predicted molar refractivity (Wildman–Crippen MR) is 87.7 cm³/mol. The molecule has 0 radical (unpaired) electrons. The van der Waals surface area contributed by atoms with Gasteiger partial charge in [0, 0.05) is 16.6 Å². The van der Waals surface area contributed by atoms with Crippen LogP contribution in [0.2, 0.25) is 0 Å². The van der Waals surface area contributed by atoms with Crippen molar-refractivity contribution in [3.8, 4) is 5.75 Å². The predicted octanol–water partition coefficient (Wildman–Crippen LogP) is 5.09. The van der Waals surface area contributed by atoms with E-state index in [-0.39, 0.29) is 0 Å². The molecule has 1 aromatic heterocycles. The Bertz CT molecular complexity index is 700. The van der Waals surface area contributed by atoms with E-state index in [0.717, 1.165) is 17.7 Å². The molecular formula is C19H21NO. The zero-order valence-corrected chi connectivity index (χ0v) is 12.4. The molecule has 2 aromatic carbocycles. The molecule has 3 rings (SSSR count). The fraction of sp³-hybridized carbons (Fsp3) is 0.263. The minimum absolute atomic E-state index is 0.607. The summed E-state index contributed by atoms with van der Waals surface area (Å²) in [5, 5.41) is 1.18. The summed E-state index contributed by atoms with van der Waals surface area (Å²) >= 11 is 0. The van der Waals surface area contributed by atoms with Gasteiger partial charge in [0.2, 0.25) is 0 Å². The Morgan fingerprint density at radius 1 is 1.00 bits per heavy atom. The lowest BCUT2D eigenvalue weighted by molar-refractivity contribution is 0.310. The van der Waals surface area contributed by atoms with Gasteiger partial charge in [-0.15, -0.1) is 0 Å². The van der Waals surface area contributed by atoms with Crippen molar-refractivity contribution >= 4 is 10.9 Å². The van der Waals surface area contributed by atoms with E-state index >= 15 is 0 Å². The van der Waals surface area contributed by atoms with Crippen LogP contribution in [0.1, 0.15) is 31.0 Å². The molecule has 0 aliphatic rings. The number of ether oxygens (including phenoxy) is 1. The smallest absolute Gasteiger partial charge is 0.129 e. The average Bonchev–Trinajstić information content (AvgIpc) is 2.95. The molecule has 0 aliphatic heterocycles. The van der Waals surface area contributed by atoms with Crippen molar-refractivity contribution in [2.75, 3.05) is 0 Å². The van der Waals surface area contributed by atoms with Gasteiger partial charge in [-0.3, -0.25) is 0 Å². The second-order valence-corrected chi connectivity index (χ2v) is 5.39. The molecule has 0 spiro atoms. The fourth-order valence-electron chi connectivity index (χ4n) is 2.55. The highest BCUT2D eigenvalue weighted by Crippen LogP contribution is 2.27. The lowest BCUT2D eigenvalue weighted by atomic mass is 10.2. The van der Waals surface area contributed by atoms with Crippen LogP contribution in [0.5, 0.6) is 5.75 Å². The number of hydrogen-bond donors (Lipinski definition) is 1. The molecule has 0 saturated heterocycles. The molecule has 0 unspecified atom stereocenters. The van der Waals surface area contributed by atoms with E-state index in [0.29, 0.717) is 6.61 Å². The van der Waals surface area contributed by atoms with Crippen LogP contribution in [0.3, 0.4) is 0 Å². The molecule has 0 amide bonds. The van der Waals surface area contributed by atoms with Gasteiger partial charge in [-0.05, 0) is 36.6 Å². The van der Waals surface area contributed by atoms with Crippen LogP contribution in [-0.4, -0.2) is 4.98 Å². The van der Waals surface area contributed by atoms with Crippen LogP contribution in [0, 0.1) is 0 Å². The summed E-state index contributed by atoms with van der Waals surface area (Å²) in [5.41, 5.74) is 3.64. The first-order chi connectivity index (χ1) is 10.4. The van der Waals surface area contributed by atoms with Gasteiger partial charge in [0.25, 0.3) is 0 Å². The first-order valence-electron chi connectivity index (χ1n) is 7.64. The van der Waals surface area contributed by atoms with Crippen LogP contribution in [0.25, 0.3) is 10.9 Å². The second kappa shape index (κ2) is 6.49. The van der Waals surface area contributed by atoms with Crippen molar-refractivity contribution < 1.29 is 4.74 Å². The molecule has 2 nitrogen and oxygen atoms in total. The van der Waals surface area contributed by atoms with Crippen LogP contribution >= 0.6 is 0 Å². The maximum absolute atomic E-state index is 6.00. The minimum atomic E-state index is 0.607. The van der Waals surface area contributed by atoms with Crippen LogP contribution < -0.4 is 4.74 Å². The number of H-pyrrole nitrogens is 1. The van der Waals surface area contributed by atoms with Gasteiger partial charge in [-0.25, -0.2) is 0 Å². The third kappa shape index (κ3) is 3.27. The van der Waals surface area contributed by atoms with Crippen molar-refractivity contribution in [3.05, 3.63) is 65.9 Å². The van der Waals surface area contributed by atoms with Crippen molar-refractivity contribution in [1.29, 1.82) is 0 Å². The number of aryl methyl sites for hydroxylation is 1. The SMILES string of the molecule is CCCCc1cc2c(OCc3ccccc3)cccc2[nH]1. The first kappa shape index (κ1) is 13.7. The zero-order chi connectivity index (χ0) is 14.5. The van der Waals surface area contributed by atoms with E-state index in [1.54, 1.807) is 0 Å². The minimum Gasteiger partial charge on any atom is -0.488 e. The summed E-state index contributed by atoms with van der Waals surface area (Å²) < 4.78 is 6.00. The normalized spacial score (nSPS) is 10.9. The first-order valence-corrected chi connectivity index (χ1v) is 7.64. The van der Waals surface area contributed by atoms with E-state index in [9.17, 15) is 0 Å². The molecule has 0 atom stereocenters. The van der Waals surface area contributed by atoms with Gasteiger partial charge in [-0.1, -0.05) is 49.7 Å². The van der Waals surface area contributed by atoms with Gasteiger partial charge in [0.05, 0.1) is 0 Å². The Labute approximate surface area is 125 Å². The number of unbranched alkanes of at least 4 members (excludes halogenated alkanes) is 1. The van der Waals surface area contributed by atoms with Gasteiger partial charge in [0.15, 0.2) is 0 Å². The molecule has 2 heteroatoms. The largest absolute Gasteiger partial charge is 0.488 e. The van der Waals surface area contributed by atoms with Crippen LogP contribution in [0.15, 0.2) is 54.6 Å².